The molecule has 0 saturated heterocycles. The number of H-pyrrole nitrogens is 1. The molecule has 116 valence electrons. The van der Waals surface area contributed by atoms with E-state index in [0.717, 1.165) is 0 Å². The van der Waals surface area contributed by atoms with Gasteiger partial charge in [0.05, 0.1) is 12.9 Å². The minimum Gasteiger partial charge on any atom is -0.369 e. The second-order valence-electron chi connectivity index (χ2n) is 4.79. The number of anilines is 1. The van der Waals surface area contributed by atoms with Gasteiger partial charge in [-0.05, 0) is 5.92 Å². The zero-order chi connectivity index (χ0) is 15.6. The Labute approximate surface area is 119 Å². The van der Waals surface area contributed by atoms with E-state index in [9.17, 15) is 9.36 Å². The average molecular weight is 317 g/mol. The average Bonchev–Trinajstić information content (AvgIpc) is 2.71. The van der Waals surface area contributed by atoms with Crippen LogP contribution in [0.1, 0.15) is 6.92 Å². The van der Waals surface area contributed by atoms with E-state index >= 15 is 0 Å². The second kappa shape index (κ2) is 5.94. The third-order valence-electron chi connectivity index (χ3n) is 2.66. The summed E-state index contributed by atoms with van der Waals surface area (Å²) in [5, 5.41) is 0. The van der Waals surface area contributed by atoms with Crippen LogP contribution in [0.15, 0.2) is 11.1 Å². The SMILES string of the molecule is C[C@H](COCP(=O)(O)O)Cn1cnc2c(=O)[nH]c(N)nc21. The molecular weight excluding hydrogens is 301 g/mol. The van der Waals surface area contributed by atoms with Gasteiger partial charge in [-0.3, -0.25) is 14.3 Å². The van der Waals surface area contributed by atoms with E-state index in [-0.39, 0.29) is 24.0 Å². The van der Waals surface area contributed by atoms with Crippen molar-refractivity contribution in [3.8, 4) is 0 Å². The predicted octanol–water partition coefficient (Wildman–Crippen LogP) is -0.510. The molecule has 0 saturated carbocycles. The molecule has 0 spiro atoms. The van der Waals surface area contributed by atoms with Crippen LogP contribution in [-0.4, -0.2) is 42.3 Å². The fourth-order valence-electron chi connectivity index (χ4n) is 1.87. The molecule has 2 rings (SSSR count). The van der Waals surface area contributed by atoms with Crippen LogP contribution in [0, 0.1) is 5.92 Å². The standard InChI is InChI=1S/C10H16N5O5P/c1-6(3-20-5-21(17,18)19)2-15-4-12-7-8(15)13-10(11)14-9(7)16/h4,6H,2-3,5H2,1H3,(H2,17,18,19)(H3,11,13,14,16)/t6-/m0/s1. The number of nitrogens with zero attached hydrogens (tertiary/aromatic N) is 3. The molecule has 5 N–H and O–H groups in total. The molecule has 2 heterocycles. The number of fused-ring (bicyclic) bond motifs is 1. The number of hydrogen-bond acceptors (Lipinski definition) is 6. The minimum absolute atomic E-state index is 0.000322. The molecule has 11 heteroatoms. The first-order chi connectivity index (χ1) is 9.76. The van der Waals surface area contributed by atoms with Gasteiger partial charge < -0.3 is 24.8 Å². The molecule has 0 aromatic carbocycles. The Morgan fingerprint density at radius 3 is 2.95 bits per heavy atom. The van der Waals surface area contributed by atoms with Crippen molar-refractivity contribution < 1.29 is 19.1 Å². The lowest BCUT2D eigenvalue weighted by atomic mass is 10.2. The van der Waals surface area contributed by atoms with Crippen LogP contribution in [0.5, 0.6) is 0 Å². The van der Waals surface area contributed by atoms with Crippen LogP contribution in [0.2, 0.25) is 0 Å². The van der Waals surface area contributed by atoms with Gasteiger partial charge in [0.1, 0.15) is 6.35 Å². The quantitative estimate of drug-likeness (QED) is 0.519. The maximum atomic E-state index is 11.6. The van der Waals surface area contributed by atoms with E-state index < -0.39 is 19.5 Å². The third kappa shape index (κ3) is 4.11. The number of hydrogen-bond donors (Lipinski definition) is 4. The molecule has 21 heavy (non-hydrogen) atoms. The Kier molecular flexibility index (Phi) is 4.43. The van der Waals surface area contributed by atoms with Gasteiger partial charge in [0, 0.05) is 6.54 Å². The summed E-state index contributed by atoms with van der Waals surface area (Å²) in [5.41, 5.74) is 5.62. The fourth-order valence-corrected chi connectivity index (χ4v) is 2.21. The molecular formula is C10H16N5O5P. The highest BCUT2D eigenvalue weighted by Gasteiger charge is 2.15. The Hall–Kier alpha value is -1.74. The summed E-state index contributed by atoms with van der Waals surface area (Å²) < 4.78 is 17.3. The summed E-state index contributed by atoms with van der Waals surface area (Å²) in [7, 11) is -4.16. The largest absolute Gasteiger partial charge is 0.369 e. The summed E-state index contributed by atoms with van der Waals surface area (Å²) in [6, 6.07) is 0. The van der Waals surface area contributed by atoms with Gasteiger partial charge in [0.25, 0.3) is 5.56 Å². The Morgan fingerprint density at radius 2 is 2.29 bits per heavy atom. The van der Waals surface area contributed by atoms with E-state index in [1.54, 1.807) is 4.57 Å². The van der Waals surface area contributed by atoms with Crippen LogP contribution >= 0.6 is 7.60 Å². The summed E-state index contributed by atoms with van der Waals surface area (Å²) in [4.78, 5) is 39.4. The molecule has 0 unspecified atom stereocenters. The number of imidazole rings is 1. The van der Waals surface area contributed by atoms with Gasteiger partial charge in [-0.25, -0.2) is 4.98 Å². The number of aromatic amines is 1. The van der Waals surface area contributed by atoms with Crippen LogP contribution in [0.4, 0.5) is 5.95 Å². The first kappa shape index (κ1) is 15.6. The molecule has 1 atom stereocenters. The van der Waals surface area contributed by atoms with Gasteiger partial charge in [0.2, 0.25) is 5.95 Å². The van der Waals surface area contributed by atoms with Crippen molar-refractivity contribution in [2.24, 2.45) is 5.92 Å². The predicted molar refractivity (Wildman–Crippen MR) is 74.6 cm³/mol. The minimum atomic E-state index is -4.16. The summed E-state index contributed by atoms with van der Waals surface area (Å²) in [6.45, 7) is 2.42. The molecule has 0 bridgehead atoms. The molecule has 10 nitrogen and oxygen atoms in total. The van der Waals surface area contributed by atoms with Gasteiger partial charge in [-0.1, -0.05) is 6.92 Å². The lowest BCUT2D eigenvalue weighted by Crippen LogP contribution is -2.16. The highest BCUT2D eigenvalue weighted by Crippen LogP contribution is 2.33. The van der Waals surface area contributed by atoms with E-state index in [4.69, 9.17) is 20.3 Å². The lowest BCUT2D eigenvalue weighted by molar-refractivity contribution is 0.121. The maximum absolute atomic E-state index is 11.6. The van der Waals surface area contributed by atoms with Crippen molar-refractivity contribution >= 4 is 24.7 Å². The van der Waals surface area contributed by atoms with E-state index in [1.165, 1.54) is 6.33 Å². The maximum Gasteiger partial charge on any atom is 0.350 e. The first-order valence-corrected chi connectivity index (χ1v) is 7.89. The molecule has 2 aromatic heterocycles. The van der Waals surface area contributed by atoms with E-state index in [1.807, 2.05) is 6.92 Å². The number of ether oxygens (including phenoxy) is 1. The molecule has 0 amide bonds. The van der Waals surface area contributed by atoms with Crippen molar-refractivity contribution in [2.75, 3.05) is 18.7 Å². The van der Waals surface area contributed by atoms with Crippen molar-refractivity contribution in [3.05, 3.63) is 16.7 Å². The molecule has 0 aliphatic rings. The number of nitrogens with one attached hydrogen (secondary N) is 1. The summed E-state index contributed by atoms with van der Waals surface area (Å²) in [5.74, 6) is -0.0593. The zero-order valence-corrected chi connectivity index (χ0v) is 12.2. The van der Waals surface area contributed by atoms with Gasteiger partial charge >= 0.3 is 7.60 Å². The normalized spacial score (nSPS) is 13.7. The molecule has 0 fully saturated rings. The second-order valence-corrected chi connectivity index (χ2v) is 6.38. The summed E-state index contributed by atoms with van der Waals surface area (Å²) >= 11 is 0. The lowest BCUT2D eigenvalue weighted by Gasteiger charge is -2.13. The number of nitrogen functional groups attached to an aromatic ring is 1. The molecule has 0 radical (unpaired) electrons. The Balaban J connectivity index is 2.06. The molecule has 2 aromatic rings. The van der Waals surface area contributed by atoms with Crippen LogP contribution < -0.4 is 11.3 Å². The number of nitrogens with two attached hydrogens (primary N) is 1. The highest BCUT2D eigenvalue weighted by molar-refractivity contribution is 7.51. The van der Waals surface area contributed by atoms with Crippen LogP contribution in [0.25, 0.3) is 11.2 Å². The van der Waals surface area contributed by atoms with Gasteiger partial charge in [-0.15, -0.1) is 0 Å². The zero-order valence-electron chi connectivity index (χ0n) is 11.3. The van der Waals surface area contributed by atoms with Crippen LogP contribution in [0.3, 0.4) is 0 Å². The fraction of sp³-hybridized carbons (Fsp3) is 0.500. The molecule has 0 aliphatic heterocycles. The van der Waals surface area contributed by atoms with Crippen molar-refractivity contribution in [1.29, 1.82) is 0 Å². The van der Waals surface area contributed by atoms with Gasteiger partial charge in [0.15, 0.2) is 11.2 Å². The number of rotatable bonds is 6. The highest BCUT2D eigenvalue weighted by atomic mass is 31.2. The third-order valence-corrected chi connectivity index (χ3v) is 3.18. The first-order valence-electron chi connectivity index (χ1n) is 6.09. The van der Waals surface area contributed by atoms with Crippen LogP contribution in [-0.2, 0) is 15.8 Å². The van der Waals surface area contributed by atoms with E-state index in [0.29, 0.717) is 12.2 Å². The van der Waals surface area contributed by atoms with Crippen molar-refractivity contribution in [1.82, 2.24) is 19.5 Å². The summed E-state index contributed by atoms with van der Waals surface area (Å²) in [6.07, 6.45) is 0.846. The monoisotopic (exact) mass is 317 g/mol. The number of aromatic nitrogens is 4. The molecule has 0 aliphatic carbocycles. The van der Waals surface area contributed by atoms with Crippen molar-refractivity contribution in [2.45, 2.75) is 13.5 Å². The Morgan fingerprint density at radius 1 is 1.57 bits per heavy atom. The van der Waals surface area contributed by atoms with E-state index in [2.05, 4.69) is 15.0 Å². The van der Waals surface area contributed by atoms with Crippen molar-refractivity contribution in [3.63, 3.8) is 0 Å². The smallest absolute Gasteiger partial charge is 0.350 e. The van der Waals surface area contributed by atoms with Gasteiger partial charge in [-0.2, -0.15) is 4.98 Å². The topological polar surface area (TPSA) is 156 Å². The Bertz CT molecular complexity index is 735.